The van der Waals surface area contributed by atoms with E-state index in [-0.39, 0.29) is 24.0 Å². The Morgan fingerprint density at radius 1 is 0.941 bits per heavy atom. The van der Waals surface area contributed by atoms with E-state index in [1.54, 1.807) is 18.2 Å². The molecule has 2 fully saturated rings. The SMILES string of the molecule is O=C1CCC(N2C(=O)c3cccc(N4CCC(C(=O)O)(c5ccccc5)CC4)c3C2=O)C(=O)N1. The molecule has 9 heteroatoms. The Bertz CT molecular complexity index is 1220. The second-order valence-corrected chi connectivity index (χ2v) is 8.89. The van der Waals surface area contributed by atoms with Crippen molar-refractivity contribution in [1.82, 2.24) is 10.2 Å². The summed E-state index contributed by atoms with van der Waals surface area (Å²) in [6.45, 7) is 0.773. The number of carbonyl (C=O) groups excluding carboxylic acids is 4. The summed E-state index contributed by atoms with van der Waals surface area (Å²) >= 11 is 0. The van der Waals surface area contributed by atoms with Crippen LogP contribution in [0.5, 0.6) is 0 Å². The van der Waals surface area contributed by atoms with E-state index in [0.29, 0.717) is 31.6 Å². The van der Waals surface area contributed by atoms with E-state index in [9.17, 15) is 29.1 Å². The number of nitrogens with zero attached hydrogens (tertiary/aromatic N) is 2. The van der Waals surface area contributed by atoms with Gasteiger partial charge in [0.25, 0.3) is 11.8 Å². The normalized spacial score (nSPS) is 21.9. The van der Waals surface area contributed by atoms with E-state index in [1.807, 2.05) is 35.2 Å². The first-order valence-corrected chi connectivity index (χ1v) is 11.2. The molecule has 4 amide bonds. The van der Waals surface area contributed by atoms with Gasteiger partial charge < -0.3 is 10.0 Å². The minimum Gasteiger partial charge on any atom is -0.481 e. The molecule has 0 bridgehead atoms. The van der Waals surface area contributed by atoms with Crippen molar-refractivity contribution >= 4 is 35.3 Å². The molecule has 3 heterocycles. The summed E-state index contributed by atoms with van der Waals surface area (Å²) in [6, 6.07) is 13.1. The Morgan fingerprint density at radius 3 is 2.29 bits per heavy atom. The van der Waals surface area contributed by atoms with E-state index < -0.39 is 41.1 Å². The molecule has 2 saturated heterocycles. The molecule has 0 radical (unpaired) electrons. The third-order valence-corrected chi connectivity index (χ3v) is 7.14. The highest BCUT2D eigenvalue weighted by Gasteiger charge is 2.47. The molecular formula is C25H23N3O6. The number of hydrogen-bond donors (Lipinski definition) is 2. The molecule has 2 aromatic carbocycles. The fourth-order valence-electron chi connectivity index (χ4n) is 5.27. The maximum atomic E-state index is 13.4. The van der Waals surface area contributed by atoms with Crippen LogP contribution in [0, 0.1) is 0 Å². The van der Waals surface area contributed by atoms with Crippen LogP contribution in [0.15, 0.2) is 48.5 Å². The molecule has 9 nitrogen and oxygen atoms in total. The van der Waals surface area contributed by atoms with Crippen molar-refractivity contribution in [2.75, 3.05) is 18.0 Å². The van der Waals surface area contributed by atoms with Crippen LogP contribution in [0.1, 0.15) is 52.0 Å². The fraction of sp³-hybridized carbons (Fsp3) is 0.320. The first kappa shape index (κ1) is 21.8. The van der Waals surface area contributed by atoms with Gasteiger partial charge in [-0.3, -0.25) is 34.2 Å². The van der Waals surface area contributed by atoms with E-state index in [1.165, 1.54) is 0 Å². The number of rotatable bonds is 4. The summed E-state index contributed by atoms with van der Waals surface area (Å²) in [4.78, 5) is 65.5. The van der Waals surface area contributed by atoms with Gasteiger partial charge in [0.2, 0.25) is 11.8 Å². The predicted octanol–water partition coefficient (Wildman–Crippen LogP) is 1.71. The van der Waals surface area contributed by atoms with E-state index in [4.69, 9.17) is 0 Å². The second kappa shape index (κ2) is 8.09. The molecule has 3 aliphatic heterocycles. The van der Waals surface area contributed by atoms with Crippen molar-refractivity contribution in [3.05, 3.63) is 65.2 Å². The lowest BCUT2D eigenvalue weighted by molar-refractivity contribution is -0.145. The van der Waals surface area contributed by atoms with Gasteiger partial charge in [0.15, 0.2) is 0 Å². The third kappa shape index (κ3) is 3.27. The van der Waals surface area contributed by atoms with Crippen molar-refractivity contribution in [2.24, 2.45) is 0 Å². The van der Waals surface area contributed by atoms with Gasteiger partial charge in [0, 0.05) is 19.5 Å². The maximum Gasteiger partial charge on any atom is 0.314 e. The highest BCUT2D eigenvalue weighted by Crippen LogP contribution is 2.40. The minimum atomic E-state index is -1.03. The quantitative estimate of drug-likeness (QED) is 0.664. The lowest BCUT2D eigenvalue weighted by Crippen LogP contribution is -2.54. The van der Waals surface area contributed by atoms with Gasteiger partial charge >= 0.3 is 5.97 Å². The maximum absolute atomic E-state index is 13.4. The summed E-state index contributed by atoms with van der Waals surface area (Å²) in [5, 5.41) is 12.3. The largest absolute Gasteiger partial charge is 0.481 e. The topological polar surface area (TPSA) is 124 Å². The molecule has 174 valence electrons. The Hall–Kier alpha value is -4.01. The Labute approximate surface area is 195 Å². The molecule has 1 atom stereocenters. The molecular weight excluding hydrogens is 438 g/mol. The van der Waals surface area contributed by atoms with Crippen molar-refractivity contribution < 1.29 is 29.1 Å². The van der Waals surface area contributed by atoms with E-state index >= 15 is 0 Å². The van der Waals surface area contributed by atoms with Crippen LogP contribution in [0.4, 0.5) is 5.69 Å². The molecule has 0 saturated carbocycles. The molecule has 34 heavy (non-hydrogen) atoms. The van der Waals surface area contributed by atoms with Gasteiger partial charge in [-0.25, -0.2) is 0 Å². The van der Waals surface area contributed by atoms with Gasteiger partial charge in [-0.05, 0) is 37.0 Å². The summed E-state index contributed by atoms with van der Waals surface area (Å²) < 4.78 is 0. The number of piperidine rings is 2. The zero-order chi connectivity index (χ0) is 24.0. The van der Waals surface area contributed by atoms with Crippen LogP contribution < -0.4 is 10.2 Å². The van der Waals surface area contributed by atoms with Crippen molar-refractivity contribution in [3.63, 3.8) is 0 Å². The van der Waals surface area contributed by atoms with Crippen LogP contribution in [0.3, 0.4) is 0 Å². The molecule has 1 unspecified atom stereocenters. The Kier molecular flexibility index (Phi) is 5.19. The number of hydrogen-bond acceptors (Lipinski definition) is 6. The van der Waals surface area contributed by atoms with Gasteiger partial charge in [-0.15, -0.1) is 0 Å². The first-order valence-electron chi connectivity index (χ1n) is 11.2. The van der Waals surface area contributed by atoms with Crippen molar-refractivity contribution in [3.8, 4) is 0 Å². The molecule has 0 aliphatic carbocycles. The molecule has 2 N–H and O–H groups in total. The number of benzene rings is 2. The number of carboxylic acid groups (broad SMARTS) is 1. The van der Waals surface area contributed by atoms with Crippen LogP contribution in [-0.4, -0.2) is 58.7 Å². The van der Waals surface area contributed by atoms with E-state index in [2.05, 4.69) is 5.32 Å². The van der Waals surface area contributed by atoms with Crippen LogP contribution in [-0.2, 0) is 19.8 Å². The van der Waals surface area contributed by atoms with Crippen LogP contribution in [0.2, 0.25) is 0 Å². The Balaban J connectivity index is 1.43. The lowest BCUT2D eigenvalue weighted by Gasteiger charge is -2.40. The highest BCUT2D eigenvalue weighted by atomic mass is 16.4. The monoisotopic (exact) mass is 461 g/mol. The molecule has 3 aliphatic rings. The Morgan fingerprint density at radius 2 is 1.65 bits per heavy atom. The van der Waals surface area contributed by atoms with Gasteiger partial charge in [0.05, 0.1) is 22.2 Å². The van der Waals surface area contributed by atoms with Gasteiger partial charge in [-0.1, -0.05) is 36.4 Å². The predicted molar refractivity (Wildman–Crippen MR) is 120 cm³/mol. The molecule has 0 spiro atoms. The first-order chi connectivity index (χ1) is 16.3. The van der Waals surface area contributed by atoms with Crippen LogP contribution in [0.25, 0.3) is 0 Å². The number of anilines is 1. The number of amides is 4. The number of fused-ring (bicyclic) bond motifs is 1. The number of nitrogens with one attached hydrogen (secondary N) is 1. The summed E-state index contributed by atoms with van der Waals surface area (Å²) in [5.74, 6) is -3.08. The van der Waals surface area contributed by atoms with Gasteiger partial charge in [-0.2, -0.15) is 0 Å². The standard InChI is InChI=1S/C25H23N3O6/c29-19-10-9-18(21(30)26-19)28-22(31)16-7-4-8-17(20(16)23(28)32)27-13-11-25(12-14-27,24(33)34)15-5-2-1-3-6-15/h1-8,18H,9-14H2,(H,33,34)(H,26,29,30). The summed E-state index contributed by atoms with van der Waals surface area (Å²) in [6.07, 6.45) is 0.830. The third-order valence-electron chi connectivity index (χ3n) is 7.14. The molecule has 0 aromatic heterocycles. The van der Waals surface area contributed by atoms with E-state index in [0.717, 1.165) is 10.5 Å². The van der Waals surface area contributed by atoms with Crippen LogP contribution >= 0.6 is 0 Å². The average molecular weight is 461 g/mol. The zero-order valence-corrected chi connectivity index (χ0v) is 18.3. The number of carboxylic acids is 1. The molecule has 2 aromatic rings. The second-order valence-electron chi connectivity index (χ2n) is 8.89. The number of carbonyl (C=O) groups is 5. The number of aliphatic carboxylic acids is 1. The number of imide groups is 2. The highest BCUT2D eigenvalue weighted by molar-refractivity contribution is 6.25. The minimum absolute atomic E-state index is 0.0551. The lowest BCUT2D eigenvalue weighted by atomic mass is 9.72. The molecule has 5 rings (SSSR count). The summed E-state index contributed by atoms with van der Waals surface area (Å²) in [5.41, 5.74) is 0.715. The van der Waals surface area contributed by atoms with Crippen molar-refractivity contribution in [2.45, 2.75) is 37.1 Å². The zero-order valence-electron chi connectivity index (χ0n) is 18.3. The van der Waals surface area contributed by atoms with Gasteiger partial charge in [0.1, 0.15) is 6.04 Å². The average Bonchev–Trinajstić information content (AvgIpc) is 3.10. The fourth-order valence-corrected chi connectivity index (χ4v) is 5.27. The van der Waals surface area contributed by atoms with Crippen molar-refractivity contribution in [1.29, 1.82) is 0 Å². The summed E-state index contributed by atoms with van der Waals surface area (Å²) in [7, 11) is 0. The smallest absolute Gasteiger partial charge is 0.314 e.